The topological polar surface area (TPSA) is 76.7 Å². The molecule has 0 spiro atoms. The highest BCUT2D eigenvalue weighted by Gasteiger charge is 2.14. The van der Waals surface area contributed by atoms with Crippen LogP contribution < -0.4 is 10.2 Å². The summed E-state index contributed by atoms with van der Waals surface area (Å²) < 4.78 is 13.8. The van der Waals surface area contributed by atoms with Crippen molar-refractivity contribution in [1.82, 2.24) is 10.4 Å². The second-order valence-corrected chi connectivity index (χ2v) is 10.5. The van der Waals surface area contributed by atoms with Gasteiger partial charge in [-0.2, -0.15) is 5.10 Å². The second-order valence-electron chi connectivity index (χ2n) is 6.49. The molecule has 0 aliphatic heterocycles. The number of pyridine rings is 1. The Kier molecular flexibility index (Phi) is 8.13. The smallest absolute Gasteiger partial charge is 0.277 e. The number of carbonyl (C=O) groups is 1. The van der Waals surface area contributed by atoms with Gasteiger partial charge in [0.1, 0.15) is 11.3 Å². The Balaban J connectivity index is 1.36. The summed E-state index contributed by atoms with van der Waals surface area (Å²) >= 11 is 17.8. The maximum Gasteiger partial charge on any atom is 0.277 e. The lowest BCUT2D eigenvalue weighted by atomic mass is 10.2. The lowest BCUT2D eigenvalue weighted by molar-refractivity contribution is -0.123. The fourth-order valence-corrected chi connectivity index (χ4v) is 5.58. The fraction of sp³-hybridized carbons (Fsp3) is 0.0455. The minimum absolute atomic E-state index is 0.233. The Bertz CT molecular complexity index is 1350. The molecule has 0 fully saturated rings. The van der Waals surface area contributed by atoms with Gasteiger partial charge in [-0.25, -0.2) is 5.43 Å². The number of nitrogens with one attached hydrogen (secondary N) is 1. The molecule has 1 amide bonds. The van der Waals surface area contributed by atoms with E-state index in [1.807, 2.05) is 42.5 Å². The first-order valence-corrected chi connectivity index (χ1v) is 12.9. The highest BCUT2D eigenvalue weighted by atomic mass is 79.9. The zero-order chi connectivity index (χ0) is 23.4. The van der Waals surface area contributed by atoms with Crippen molar-refractivity contribution >= 4 is 94.2 Å². The third-order valence-corrected chi connectivity index (χ3v) is 7.52. The van der Waals surface area contributed by atoms with Gasteiger partial charge in [0.15, 0.2) is 17.4 Å². The van der Waals surface area contributed by atoms with Gasteiger partial charge in [-0.05, 0) is 68.3 Å². The number of halogens is 4. The zero-order valence-corrected chi connectivity index (χ0v) is 22.9. The van der Waals surface area contributed by atoms with Crippen molar-refractivity contribution in [2.45, 2.75) is 9.99 Å². The van der Waals surface area contributed by atoms with E-state index in [0.29, 0.717) is 31.6 Å². The molecule has 2 heterocycles. The number of ether oxygens (including phenoxy) is 1. The van der Waals surface area contributed by atoms with E-state index >= 15 is 0 Å². The molecule has 0 bridgehead atoms. The minimum Gasteiger partial charge on any atom is -0.480 e. The maximum atomic E-state index is 12.2. The number of furan rings is 1. The van der Waals surface area contributed by atoms with Crippen LogP contribution in [0, 0.1) is 0 Å². The average molecular weight is 675 g/mol. The van der Waals surface area contributed by atoms with Crippen LogP contribution in [-0.4, -0.2) is 23.7 Å². The summed E-state index contributed by atoms with van der Waals surface area (Å²) in [7, 11) is 0. The SMILES string of the molecule is O=C(COc1c(Br)cc(Br)c2cccnc12)N/N=C/c1cc(Br)c(Sc2ccc(Cl)cc2)o1. The minimum atomic E-state index is -0.425. The number of hydrogen-bond donors (Lipinski definition) is 1. The highest BCUT2D eigenvalue weighted by molar-refractivity contribution is 9.11. The number of aromatic nitrogens is 1. The Morgan fingerprint density at radius 3 is 2.73 bits per heavy atom. The first-order chi connectivity index (χ1) is 15.9. The van der Waals surface area contributed by atoms with Crippen LogP contribution in [0.15, 0.2) is 87.7 Å². The largest absolute Gasteiger partial charge is 0.480 e. The van der Waals surface area contributed by atoms with Crippen molar-refractivity contribution < 1.29 is 13.9 Å². The van der Waals surface area contributed by atoms with Gasteiger partial charge in [0, 0.05) is 32.0 Å². The Labute approximate surface area is 223 Å². The second kappa shape index (κ2) is 11.1. The van der Waals surface area contributed by atoms with Crippen LogP contribution in [0.25, 0.3) is 10.9 Å². The van der Waals surface area contributed by atoms with Gasteiger partial charge >= 0.3 is 0 Å². The Morgan fingerprint density at radius 1 is 1.15 bits per heavy atom. The summed E-state index contributed by atoms with van der Waals surface area (Å²) in [5, 5.41) is 6.15. The van der Waals surface area contributed by atoms with Gasteiger partial charge in [0.05, 0.1) is 15.2 Å². The molecule has 1 N–H and O–H groups in total. The summed E-state index contributed by atoms with van der Waals surface area (Å²) in [5.41, 5.74) is 3.07. The molecule has 4 aromatic rings. The number of rotatable bonds is 7. The number of nitrogens with zero attached hydrogens (tertiary/aromatic N) is 2. The Hall–Kier alpha value is -1.85. The van der Waals surface area contributed by atoms with Crippen LogP contribution >= 0.6 is 71.2 Å². The van der Waals surface area contributed by atoms with Crippen molar-refractivity contribution in [2.75, 3.05) is 6.61 Å². The average Bonchev–Trinajstić information content (AvgIpc) is 3.14. The number of fused-ring (bicyclic) bond motifs is 1. The predicted octanol–water partition coefficient (Wildman–Crippen LogP) is 7.45. The maximum absolute atomic E-state index is 12.2. The van der Waals surface area contributed by atoms with Gasteiger partial charge in [-0.1, -0.05) is 45.4 Å². The van der Waals surface area contributed by atoms with Gasteiger partial charge < -0.3 is 9.15 Å². The quantitative estimate of drug-likeness (QED) is 0.163. The molecule has 0 saturated carbocycles. The molecule has 0 aliphatic rings. The molecular weight excluding hydrogens is 661 g/mol. The van der Waals surface area contributed by atoms with Crippen LogP contribution in [0.3, 0.4) is 0 Å². The molecule has 33 heavy (non-hydrogen) atoms. The van der Waals surface area contributed by atoms with Crippen LogP contribution in [0.5, 0.6) is 5.75 Å². The van der Waals surface area contributed by atoms with Crippen molar-refractivity contribution in [3.63, 3.8) is 0 Å². The number of carbonyl (C=O) groups excluding carboxylic acids is 1. The molecule has 2 aromatic heterocycles. The molecule has 0 unspecified atom stereocenters. The van der Waals surface area contributed by atoms with E-state index in [1.165, 1.54) is 18.0 Å². The van der Waals surface area contributed by atoms with E-state index in [-0.39, 0.29) is 6.61 Å². The molecule has 6 nitrogen and oxygen atoms in total. The first kappa shape index (κ1) is 24.3. The molecule has 0 saturated heterocycles. The van der Waals surface area contributed by atoms with Crippen LogP contribution in [-0.2, 0) is 4.79 Å². The van der Waals surface area contributed by atoms with E-state index in [4.69, 9.17) is 20.8 Å². The lowest BCUT2D eigenvalue weighted by Crippen LogP contribution is -2.24. The first-order valence-electron chi connectivity index (χ1n) is 9.31. The number of hydrogen-bond acceptors (Lipinski definition) is 6. The van der Waals surface area contributed by atoms with Crippen LogP contribution in [0.2, 0.25) is 5.02 Å². The van der Waals surface area contributed by atoms with Gasteiger partial charge in [-0.15, -0.1) is 0 Å². The van der Waals surface area contributed by atoms with E-state index in [9.17, 15) is 4.79 Å². The molecule has 11 heteroatoms. The molecule has 0 aliphatic carbocycles. The molecular formula is C22H13Br3ClN3O3S. The lowest BCUT2D eigenvalue weighted by Gasteiger charge is -2.11. The van der Waals surface area contributed by atoms with Crippen molar-refractivity contribution in [1.29, 1.82) is 0 Å². The predicted molar refractivity (Wildman–Crippen MR) is 140 cm³/mol. The molecule has 4 rings (SSSR count). The van der Waals surface area contributed by atoms with Crippen molar-refractivity contribution in [3.05, 3.63) is 78.9 Å². The number of amides is 1. The molecule has 2 aromatic carbocycles. The van der Waals surface area contributed by atoms with Gasteiger partial charge in [0.2, 0.25) is 0 Å². The third-order valence-electron chi connectivity index (χ3n) is 4.18. The van der Waals surface area contributed by atoms with Crippen LogP contribution in [0.4, 0.5) is 0 Å². The summed E-state index contributed by atoms with van der Waals surface area (Å²) in [6.07, 6.45) is 3.08. The van der Waals surface area contributed by atoms with E-state index in [1.54, 1.807) is 12.3 Å². The third kappa shape index (κ3) is 6.19. The van der Waals surface area contributed by atoms with Crippen LogP contribution in [0.1, 0.15) is 5.76 Å². The standard InChI is InChI=1S/C22H13Br3ClN3O3S/c23-16-9-17(24)21(20-15(16)2-1-7-27-20)31-11-19(30)29-28-10-13-8-18(25)22(32-13)33-14-5-3-12(26)4-6-14/h1-10H,11H2,(H,29,30)/b28-10+. The molecule has 0 radical (unpaired) electrons. The number of hydrazone groups is 1. The highest BCUT2D eigenvalue weighted by Crippen LogP contribution is 2.37. The Morgan fingerprint density at radius 2 is 1.94 bits per heavy atom. The van der Waals surface area contributed by atoms with E-state index < -0.39 is 5.91 Å². The van der Waals surface area contributed by atoms with E-state index in [2.05, 4.69) is 63.3 Å². The number of benzene rings is 2. The fourth-order valence-electron chi connectivity index (χ4n) is 2.73. The van der Waals surface area contributed by atoms with Crippen molar-refractivity contribution in [3.8, 4) is 5.75 Å². The monoisotopic (exact) mass is 671 g/mol. The summed E-state index contributed by atoms with van der Waals surface area (Å²) in [5.74, 6) is 0.531. The van der Waals surface area contributed by atoms with Gasteiger partial charge in [-0.3, -0.25) is 9.78 Å². The normalized spacial score (nSPS) is 11.3. The summed E-state index contributed by atoms with van der Waals surface area (Å²) in [6.45, 7) is -0.233. The summed E-state index contributed by atoms with van der Waals surface area (Å²) in [4.78, 5) is 17.5. The van der Waals surface area contributed by atoms with Gasteiger partial charge in [0.25, 0.3) is 5.91 Å². The molecule has 168 valence electrons. The van der Waals surface area contributed by atoms with Crippen molar-refractivity contribution in [2.24, 2.45) is 5.10 Å². The van der Waals surface area contributed by atoms with E-state index in [0.717, 1.165) is 19.2 Å². The summed E-state index contributed by atoms with van der Waals surface area (Å²) in [6, 6.07) is 14.8. The molecule has 0 atom stereocenters. The zero-order valence-electron chi connectivity index (χ0n) is 16.5.